The van der Waals surface area contributed by atoms with Gasteiger partial charge in [0.2, 0.25) is 5.91 Å². The van der Waals surface area contributed by atoms with Gasteiger partial charge in [0.05, 0.1) is 12.4 Å². The van der Waals surface area contributed by atoms with E-state index in [1.165, 1.54) is 4.90 Å². The van der Waals surface area contributed by atoms with E-state index in [1.807, 2.05) is 65.6 Å². The zero-order chi connectivity index (χ0) is 24.5. The zero-order valence-corrected chi connectivity index (χ0v) is 20.4. The second kappa shape index (κ2) is 12.5. The van der Waals surface area contributed by atoms with Gasteiger partial charge in [0.15, 0.2) is 6.04 Å². The van der Waals surface area contributed by atoms with Gasteiger partial charge >= 0.3 is 12.1 Å². The lowest BCUT2D eigenvalue weighted by molar-refractivity contribution is -0.150. The summed E-state index contributed by atoms with van der Waals surface area (Å²) in [5, 5.41) is 0. The molecule has 2 aliphatic rings. The Balaban J connectivity index is 1.18. The number of rotatable bonds is 10. The van der Waals surface area contributed by atoms with Crippen LogP contribution in [0.5, 0.6) is 5.75 Å². The molecule has 35 heavy (non-hydrogen) atoms. The normalized spacial score (nSPS) is 18.3. The first-order chi connectivity index (χ1) is 17.1. The van der Waals surface area contributed by atoms with Crippen LogP contribution in [0.25, 0.3) is 0 Å². The highest BCUT2D eigenvalue weighted by atomic mass is 32.2. The van der Waals surface area contributed by atoms with Crippen molar-refractivity contribution in [2.45, 2.75) is 31.5 Å². The third kappa shape index (κ3) is 6.91. The number of nitrogens with zero attached hydrogens (tertiary/aromatic N) is 2. The quantitative estimate of drug-likeness (QED) is 0.367. The smallest absolute Gasteiger partial charge is 0.410 e. The molecule has 2 heterocycles. The van der Waals surface area contributed by atoms with E-state index in [2.05, 4.69) is 0 Å². The van der Waals surface area contributed by atoms with Gasteiger partial charge in [0, 0.05) is 24.9 Å². The summed E-state index contributed by atoms with van der Waals surface area (Å²) in [4.78, 5) is 41.0. The highest BCUT2D eigenvalue weighted by molar-refractivity contribution is 7.99. The van der Waals surface area contributed by atoms with E-state index < -0.39 is 18.1 Å². The van der Waals surface area contributed by atoms with Gasteiger partial charge in [-0.1, -0.05) is 48.5 Å². The van der Waals surface area contributed by atoms with E-state index in [0.29, 0.717) is 38.3 Å². The van der Waals surface area contributed by atoms with E-state index in [1.54, 1.807) is 11.8 Å². The van der Waals surface area contributed by atoms with Crippen LogP contribution in [0.1, 0.15) is 18.4 Å². The Hall–Kier alpha value is -3.20. The molecule has 0 saturated carbocycles. The maximum atomic E-state index is 12.7. The van der Waals surface area contributed by atoms with E-state index in [4.69, 9.17) is 14.2 Å². The lowest BCUT2D eigenvalue weighted by Crippen LogP contribution is -2.52. The number of carbonyl (C=O) groups is 3. The molecule has 1 unspecified atom stereocenters. The second-order valence-electron chi connectivity index (χ2n) is 8.42. The van der Waals surface area contributed by atoms with Crippen LogP contribution >= 0.6 is 11.8 Å². The minimum absolute atomic E-state index is 0.00665. The lowest BCUT2D eigenvalue weighted by Gasteiger charge is -2.37. The molecule has 0 aromatic heterocycles. The molecule has 0 spiro atoms. The van der Waals surface area contributed by atoms with Gasteiger partial charge in [-0.2, -0.15) is 0 Å². The molecule has 9 heteroatoms. The number of para-hydroxylation sites is 1. The van der Waals surface area contributed by atoms with E-state index in [0.717, 1.165) is 17.1 Å². The number of cyclic esters (lactones) is 1. The fourth-order valence-corrected chi connectivity index (χ4v) is 4.92. The Kier molecular flexibility index (Phi) is 8.89. The predicted molar refractivity (Wildman–Crippen MR) is 132 cm³/mol. The predicted octanol–water partition coefficient (Wildman–Crippen LogP) is 3.35. The molecule has 4 rings (SSSR count). The van der Waals surface area contributed by atoms with Crippen LogP contribution in [0.2, 0.25) is 0 Å². The van der Waals surface area contributed by atoms with Crippen molar-refractivity contribution < 1.29 is 28.6 Å². The zero-order valence-electron chi connectivity index (χ0n) is 19.5. The van der Waals surface area contributed by atoms with Crippen molar-refractivity contribution in [2.24, 2.45) is 0 Å². The summed E-state index contributed by atoms with van der Waals surface area (Å²) in [6.07, 6.45) is 0.710. The molecule has 2 saturated heterocycles. The molecule has 0 radical (unpaired) electrons. The van der Waals surface area contributed by atoms with Crippen LogP contribution in [-0.2, 0) is 25.7 Å². The largest absolute Gasteiger partial charge is 0.493 e. The summed E-state index contributed by atoms with van der Waals surface area (Å²) in [6, 6.07) is 18.1. The van der Waals surface area contributed by atoms with Gasteiger partial charge in [-0.25, -0.2) is 9.59 Å². The van der Waals surface area contributed by atoms with E-state index >= 15 is 0 Å². The average Bonchev–Trinajstić information content (AvgIpc) is 3.29. The van der Waals surface area contributed by atoms with Gasteiger partial charge in [0.25, 0.3) is 0 Å². The van der Waals surface area contributed by atoms with Crippen LogP contribution in [0.4, 0.5) is 4.79 Å². The van der Waals surface area contributed by atoms with Crippen molar-refractivity contribution in [3.05, 3.63) is 66.2 Å². The molecule has 8 nitrogen and oxygen atoms in total. The molecule has 0 aliphatic carbocycles. The van der Waals surface area contributed by atoms with Crippen molar-refractivity contribution in [1.29, 1.82) is 0 Å². The number of thioether (sulfide) groups is 1. The number of esters is 1. The Morgan fingerprint density at radius 1 is 1.00 bits per heavy atom. The van der Waals surface area contributed by atoms with Gasteiger partial charge in [-0.05, 0) is 30.5 Å². The lowest BCUT2D eigenvalue weighted by atomic mass is 10.0. The van der Waals surface area contributed by atoms with E-state index in [-0.39, 0.29) is 25.2 Å². The maximum absolute atomic E-state index is 12.7. The Morgan fingerprint density at radius 3 is 2.40 bits per heavy atom. The number of carbonyl (C=O) groups excluding carboxylic acids is 3. The van der Waals surface area contributed by atoms with Crippen molar-refractivity contribution in [3.8, 4) is 5.75 Å². The van der Waals surface area contributed by atoms with Crippen LogP contribution in [0.15, 0.2) is 60.7 Å². The maximum Gasteiger partial charge on any atom is 0.410 e. The fraction of sp³-hybridized carbons (Fsp3) is 0.423. The third-order valence-electron chi connectivity index (χ3n) is 6.08. The van der Waals surface area contributed by atoms with Crippen LogP contribution in [-0.4, -0.2) is 77.7 Å². The number of amides is 2. The summed E-state index contributed by atoms with van der Waals surface area (Å²) < 4.78 is 16.3. The first-order valence-corrected chi connectivity index (χ1v) is 13.0. The first kappa shape index (κ1) is 24.9. The number of likely N-dealkylation sites (tertiary alicyclic amines) is 1. The second-order valence-corrected chi connectivity index (χ2v) is 9.52. The number of piperidine rings is 1. The molecular formula is C26H30N2O6S. The highest BCUT2D eigenvalue weighted by Gasteiger charge is 2.44. The van der Waals surface area contributed by atoms with Crippen molar-refractivity contribution >= 4 is 29.7 Å². The molecule has 186 valence electrons. The van der Waals surface area contributed by atoms with Gasteiger partial charge < -0.3 is 19.1 Å². The van der Waals surface area contributed by atoms with E-state index in [9.17, 15) is 14.4 Å². The molecular weight excluding hydrogens is 468 g/mol. The van der Waals surface area contributed by atoms with Crippen molar-refractivity contribution in [2.75, 3.05) is 37.8 Å². The molecule has 2 amide bonds. The van der Waals surface area contributed by atoms with Crippen molar-refractivity contribution in [3.63, 3.8) is 0 Å². The number of hydrogen-bond acceptors (Lipinski definition) is 7. The standard InChI is InChI=1S/C26H30N2O6S/c29-24(19-35-16-15-32-22-9-5-2-6-10-22)27-13-11-21(12-14-27)28-23(18-34-26(28)31)25(30)33-17-20-7-3-1-4-8-20/h1-10,21,23H,11-19H2. The Bertz CT molecular complexity index is 982. The average molecular weight is 499 g/mol. The van der Waals surface area contributed by atoms with Crippen molar-refractivity contribution in [1.82, 2.24) is 9.80 Å². The summed E-state index contributed by atoms with van der Waals surface area (Å²) >= 11 is 1.55. The van der Waals surface area contributed by atoms with Gasteiger partial charge in [-0.3, -0.25) is 9.69 Å². The Labute approximate surface area is 209 Å². The van der Waals surface area contributed by atoms with Gasteiger partial charge in [0.1, 0.15) is 19.0 Å². The summed E-state index contributed by atoms with van der Waals surface area (Å²) in [5.41, 5.74) is 0.883. The highest BCUT2D eigenvalue weighted by Crippen LogP contribution is 2.25. The first-order valence-electron chi connectivity index (χ1n) is 11.8. The fourth-order valence-electron chi connectivity index (χ4n) is 4.22. The number of ether oxygens (including phenoxy) is 3. The molecule has 0 bridgehead atoms. The summed E-state index contributed by atoms with van der Waals surface area (Å²) in [6.45, 7) is 1.77. The van der Waals surface area contributed by atoms with Crippen LogP contribution in [0.3, 0.4) is 0 Å². The molecule has 1 atom stereocenters. The topological polar surface area (TPSA) is 85.4 Å². The summed E-state index contributed by atoms with van der Waals surface area (Å²) in [7, 11) is 0. The van der Waals surface area contributed by atoms with Gasteiger partial charge in [-0.15, -0.1) is 11.8 Å². The molecule has 2 fully saturated rings. The minimum Gasteiger partial charge on any atom is -0.493 e. The number of benzene rings is 2. The summed E-state index contributed by atoms with van der Waals surface area (Å²) in [5.74, 6) is 1.56. The molecule has 2 aromatic carbocycles. The molecule has 0 N–H and O–H groups in total. The monoisotopic (exact) mass is 498 g/mol. The third-order valence-corrected chi connectivity index (χ3v) is 6.99. The molecule has 2 aromatic rings. The Morgan fingerprint density at radius 2 is 1.69 bits per heavy atom. The van der Waals surface area contributed by atoms with Crippen LogP contribution < -0.4 is 4.74 Å². The number of hydrogen-bond donors (Lipinski definition) is 0. The van der Waals surface area contributed by atoms with Crippen LogP contribution in [0, 0.1) is 0 Å². The molecule has 2 aliphatic heterocycles. The minimum atomic E-state index is -0.751. The SMILES string of the molecule is O=C(OCc1ccccc1)C1COC(=O)N1C1CCN(C(=O)CSCCOc2ccccc2)CC1.